The van der Waals surface area contributed by atoms with E-state index in [0.717, 1.165) is 5.56 Å². The van der Waals surface area contributed by atoms with Crippen molar-refractivity contribution >= 4 is 28.4 Å². The Hall–Kier alpha value is -1.89. The molecule has 0 bridgehead atoms. The average Bonchev–Trinajstić information content (AvgIpc) is 2.39. The molecule has 0 aliphatic carbocycles. The monoisotopic (exact) mass is 283 g/mol. The maximum Gasteiger partial charge on any atom is 0.321 e. The number of urea groups is 1. The Morgan fingerprint density at radius 3 is 2.58 bits per heavy atom. The van der Waals surface area contributed by atoms with Gasteiger partial charge in [0.15, 0.2) is 0 Å². The van der Waals surface area contributed by atoms with Crippen molar-refractivity contribution in [1.82, 2.24) is 10.6 Å². The zero-order valence-corrected chi connectivity index (χ0v) is 11.8. The molecule has 19 heavy (non-hydrogen) atoms. The number of hydrogen-bond acceptors (Lipinski definition) is 4. The van der Waals surface area contributed by atoms with Crippen LogP contribution >= 0.6 is 0 Å². The number of imide groups is 1. The quantitative estimate of drug-likeness (QED) is 0.704. The van der Waals surface area contributed by atoms with Gasteiger partial charge in [-0.1, -0.05) is 6.07 Å². The minimum Gasteiger partial charge on any atom is -0.399 e. The van der Waals surface area contributed by atoms with Crippen LogP contribution in [0.15, 0.2) is 23.1 Å². The molecule has 2 unspecified atom stereocenters. The molecule has 1 rings (SSSR count). The number of carbonyl (C=O) groups is 2. The molecular formula is C12H17N3O3S. The number of carbonyl (C=O) groups excluding carboxylic acids is 2. The van der Waals surface area contributed by atoms with Gasteiger partial charge in [-0.05, 0) is 31.5 Å². The summed E-state index contributed by atoms with van der Waals surface area (Å²) in [5.74, 6) is -0.598. The first-order valence-corrected chi connectivity index (χ1v) is 6.87. The van der Waals surface area contributed by atoms with E-state index in [-0.39, 0.29) is 0 Å². The zero-order chi connectivity index (χ0) is 14.6. The van der Waals surface area contributed by atoms with Crippen LogP contribution in [0.2, 0.25) is 0 Å². The summed E-state index contributed by atoms with van der Waals surface area (Å²) in [5, 5.41) is 3.51. The van der Waals surface area contributed by atoms with Crippen molar-refractivity contribution in [2.45, 2.75) is 24.0 Å². The lowest BCUT2D eigenvalue weighted by atomic mass is 10.2. The van der Waals surface area contributed by atoms with Crippen LogP contribution < -0.4 is 16.4 Å². The lowest BCUT2D eigenvalue weighted by molar-refractivity contribution is -0.119. The zero-order valence-electron chi connectivity index (χ0n) is 11.0. The van der Waals surface area contributed by atoms with E-state index >= 15 is 0 Å². The highest BCUT2D eigenvalue weighted by atomic mass is 32.2. The number of amides is 3. The maximum absolute atomic E-state index is 12.3. The number of nitrogens with two attached hydrogens (primary N) is 1. The van der Waals surface area contributed by atoms with Crippen molar-refractivity contribution in [3.8, 4) is 0 Å². The van der Waals surface area contributed by atoms with E-state index in [0.29, 0.717) is 10.6 Å². The summed E-state index contributed by atoms with van der Waals surface area (Å²) < 4.78 is 12.3. The second-order valence-corrected chi connectivity index (χ2v) is 5.77. The van der Waals surface area contributed by atoms with Crippen LogP contribution in [0.1, 0.15) is 12.5 Å². The van der Waals surface area contributed by atoms with Gasteiger partial charge in [0.05, 0.1) is 10.8 Å². The highest BCUT2D eigenvalue weighted by Crippen LogP contribution is 2.19. The molecule has 7 heteroatoms. The molecule has 0 saturated carbocycles. The van der Waals surface area contributed by atoms with Gasteiger partial charge in [0.1, 0.15) is 5.25 Å². The molecule has 2 atom stereocenters. The Bertz CT molecular complexity index is 531. The van der Waals surface area contributed by atoms with Crippen molar-refractivity contribution in [2.75, 3.05) is 12.8 Å². The van der Waals surface area contributed by atoms with Crippen molar-refractivity contribution in [3.63, 3.8) is 0 Å². The van der Waals surface area contributed by atoms with Gasteiger partial charge in [-0.15, -0.1) is 0 Å². The van der Waals surface area contributed by atoms with E-state index < -0.39 is 28.0 Å². The van der Waals surface area contributed by atoms with Crippen LogP contribution in [0.4, 0.5) is 10.5 Å². The minimum absolute atomic E-state index is 0.479. The Kier molecular flexibility index (Phi) is 5.05. The number of nitrogen functional groups attached to an aromatic ring is 1. The lowest BCUT2D eigenvalue weighted by Crippen LogP contribution is -2.43. The smallest absolute Gasteiger partial charge is 0.321 e. The molecule has 4 N–H and O–H groups in total. The highest BCUT2D eigenvalue weighted by molar-refractivity contribution is 7.86. The summed E-state index contributed by atoms with van der Waals surface area (Å²) >= 11 is 0. The van der Waals surface area contributed by atoms with Gasteiger partial charge in [-0.25, -0.2) is 4.79 Å². The number of anilines is 1. The molecule has 0 saturated heterocycles. The first kappa shape index (κ1) is 15.2. The van der Waals surface area contributed by atoms with Gasteiger partial charge >= 0.3 is 6.03 Å². The summed E-state index contributed by atoms with van der Waals surface area (Å²) in [6.45, 7) is 3.28. The highest BCUT2D eigenvalue weighted by Gasteiger charge is 2.24. The van der Waals surface area contributed by atoms with Crippen LogP contribution in [0.5, 0.6) is 0 Å². The largest absolute Gasteiger partial charge is 0.399 e. The topological polar surface area (TPSA) is 101 Å². The molecule has 0 aliphatic rings. The van der Waals surface area contributed by atoms with E-state index in [1.54, 1.807) is 25.1 Å². The third-order valence-electron chi connectivity index (χ3n) is 2.58. The van der Waals surface area contributed by atoms with E-state index in [2.05, 4.69) is 10.6 Å². The molecule has 3 amide bonds. The third kappa shape index (κ3) is 3.78. The lowest BCUT2D eigenvalue weighted by Gasteiger charge is -2.13. The fourth-order valence-electron chi connectivity index (χ4n) is 1.40. The molecule has 0 fully saturated rings. The van der Waals surface area contributed by atoms with Crippen LogP contribution in [-0.2, 0) is 15.6 Å². The first-order valence-electron chi connectivity index (χ1n) is 5.66. The number of rotatable bonds is 3. The second kappa shape index (κ2) is 6.33. The molecule has 0 aromatic heterocycles. The summed E-state index contributed by atoms with van der Waals surface area (Å²) in [5.41, 5.74) is 6.91. The Morgan fingerprint density at radius 1 is 1.37 bits per heavy atom. The molecule has 0 spiro atoms. The molecule has 6 nitrogen and oxygen atoms in total. The minimum atomic E-state index is -1.57. The van der Waals surface area contributed by atoms with Crippen LogP contribution in [0.3, 0.4) is 0 Å². The van der Waals surface area contributed by atoms with Gasteiger partial charge in [0, 0.05) is 17.6 Å². The van der Waals surface area contributed by atoms with Crippen LogP contribution in [0, 0.1) is 6.92 Å². The summed E-state index contributed by atoms with van der Waals surface area (Å²) in [4.78, 5) is 23.3. The molecule has 0 aliphatic heterocycles. The molecule has 0 heterocycles. The van der Waals surface area contributed by atoms with Gasteiger partial charge in [-0.3, -0.25) is 14.3 Å². The van der Waals surface area contributed by atoms with E-state index in [1.807, 2.05) is 0 Å². The van der Waals surface area contributed by atoms with Gasteiger partial charge in [-0.2, -0.15) is 0 Å². The van der Waals surface area contributed by atoms with Crippen molar-refractivity contribution in [1.29, 1.82) is 0 Å². The molecule has 104 valence electrons. The van der Waals surface area contributed by atoms with Crippen molar-refractivity contribution in [2.24, 2.45) is 0 Å². The molecule has 1 aromatic rings. The SMILES string of the molecule is CNC(=O)NC(=O)C(C)S(=O)c1cc(N)ccc1C. The predicted octanol–water partition coefficient (Wildman–Crippen LogP) is 0.529. The average molecular weight is 283 g/mol. The first-order chi connectivity index (χ1) is 8.86. The fourth-order valence-corrected chi connectivity index (χ4v) is 2.67. The van der Waals surface area contributed by atoms with E-state index in [4.69, 9.17) is 5.73 Å². The van der Waals surface area contributed by atoms with Crippen molar-refractivity contribution < 1.29 is 13.8 Å². The molecule has 0 radical (unpaired) electrons. The fraction of sp³-hybridized carbons (Fsp3) is 0.333. The van der Waals surface area contributed by atoms with E-state index in [1.165, 1.54) is 14.0 Å². The normalized spacial score (nSPS) is 13.4. The Labute approximate surface area is 114 Å². The molecule has 1 aromatic carbocycles. The number of nitrogens with one attached hydrogen (secondary N) is 2. The number of benzene rings is 1. The van der Waals surface area contributed by atoms with Crippen LogP contribution in [0.25, 0.3) is 0 Å². The maximum atomic E-state index is 12.3. The summed E-state index contributed by atoms with van der Waals surface area (Å²) in [7, 11) is -0.175. The third-order valence-corrected chi connectivity index (χ3v) is 4.31. The number of hydrogen-bond donors (Lipinski definition) is 3. The number of aryl methyl sites for hydroxylation is 1. The van der Waals surface area contributed by atoms with E-state index in [9.17, 15) is 13.8 Å². The van der Waals surface area contributed by atoms with Crippen molar-refractivity contribution in [3.05, 3.63) is 23.8 Å². The van der Waals surface area contributed by atoms with Crippen LogP contribution in [-0.4, -0.2) is 28.4 Å². The summed E-state index contributed by atoms with van der Waals surface area (Å²) in [6.07, 6.45) is 0. The van der Waals surface area contributed by atoms with Gasteiger partial charge in [0.2, 0.25) is 5.91 Å². The molecular weight excluding hydrogens is 266 g/mol. The standard InChI is InChI=1S/C12H17N3O3S/c1-7-4-5-9(13)6-10(7)19(18)8(2)11(16)15-12(17)14-3/h4-6,8H,13H2,1-3H3,(H2,14,15,16,17). The predicted molar refractivity (Wildman–Crippen MR) is 74.1 cm³/mol. The summed E-state index contributed by atoms with van der Waals surface area (Å²) in [6, 6.07) is 4.39. The Balaban J connectivity index is 2.90. The van der Waals surface area contributed by atoms with Gasteiger partial charge in [0.25, 0.3) is 0 Å². The van der Waals surface area contributed by atoms with Gasteiger partial charge < -0.3 is 11.1 Å². The Morgan fingerprint density at radius 2 is 2.00 bits per heavy atom. The second-order valence-electron chi connectivity index (χ2n) is 4.03.